The van der Waals surface area contributed by atoms with Crippen LogP contribution < -0.4 is 11.5 Å². The average molecular weight is 344 g/mol. The fourth-order valence-electron chi connectivity index (χ4n) is 3.74. The van der Waals surface area contributed by atoms with Crippen LogP contribution in [0, 0.1) is 5.41 Å². The van der Waals surface area contributed by atoms with Gasteiger partial charge in [0.05, 0.1) is 10.1 Å². The minimum Gasteiger partial charge on any atom is -0.330 e. The van der Waals surface area contributed by atoms with E-state index in [1.165, 1.54) is 5.56 Å². The molecule has 4 N–H and O–H groups in total. The van der Waals surface area contributed by atoms with E-state index in [1.54, 1.807) is 24.3 Å². The summed E-state index contributed by atoms with van der Waals surface area (Å²) in [5.74, 6) is -0.149. The SMILES string of the molecule is CCc1ccc([C@H]2[C@H](S(=O)(=O)c3ccccc3)C2(CN)CN)cc1. The third-order valence-corrected chi connectivity index (χ3v) is 7.63. The van der Waals surface area contributed by atoms with Crippen LogP contribution in [0.5, 0.6) is 0 Å². The van der Waals surface area contributed by atoms with E-state index in [4.69, 9.17) is 11.5 Å². The van der Waals surface area contributed by atoms with Crippen molar-refractivity contribution in [2.24, 2.45) is 16.9 Å². The molecule has 2 atom stereocenters. The topological polar surface area (TPSA) is 86.2 Å². The maximum atomic E-state index is 13.1. The van der Waals surface area contributed by atoms with Gasteiger partial charge in [0, 0.05) is 24.4 Å². The first-order chi connectivity index (χ1) is 11.5. The van der Waals surface area contributed by atoms with Crippen LogP contribution in [0.2, 0.25) is 0 Å². The molecule has 0 spiro atoms. The van der Waals surface area contributed by atoms with Gasteiger partial charge in [-0.15, -0.1) is 0 Å². The van der Waals surface area contributed by atoms with Crippen LogP contribution in [-0.2, 0) is 16.3 Å². The number of nitrogens with two attached hydrogens (primary N) is 2. The van der Waals surface area contributed by atoms with Crippen molar-refractivity contribution in [1.82, 2.24) is 0 Å². The van der Waals surface area contributed by atoms with E-state index >= 15 is 0 Å². The Kier molecular flexibility index (Phi) is 4.51. The zero-order chi connectivity index (χ0) is 17.4. The highest BCUT2D eigenvalue weighted by Gasteiger charge is 2.69. The fraction of sp³-hybridized carbons (Fsp3) is 0.368. The lowest BCUT2D eigenvalue weighted by molar-refractivity contribution is 0.510. The van der Waals surface area contributed by atoms with Crippen LogP contribution in [0.1, 0.15) is 24.0 Å². The molecule has 0 saturated heterocycles. The van der Waals surface area contributed by atoms with E-state index in [0.29, 0.717) is 4.90 Å². The van der Waals surface area contributed by atoms with Gasteiger partial charge in [0.25, 0.3) is 0 Å². The van der Waals surface area contributed by atoms with Crippen molar-refractivity contribution in [3.63, 3.8) is 0 Å². The molecule has 1 saturated carbocycles. The summed E-state index contributed by atoms with van der Waals surface area (Å²) in [7, 11) is -3.47. The molecule has 1 aliphatic rings. The predicted octanol–water partition coefficient (Wildman–Crippen LogP) is 2.09. The Balaban J connectivity index is 2.02. The van der Waals surface area contributed by atoms with Gasteiger partial charge in [-0.05, 0) is 29.7 Å². The molecule has 0 aromatic heterocycles. The van der Waals surface area contributed by atoms with Gasteiger partial charge in [0.15, 0.2) is 9.84 Å². The number of sulfone groups is 1. The van der Waals surface area contributed by atoms with E-state index in [9.17, 15) is 8.42 Å². The maximum absolute atomic E-state index is 13.1. The van der Waals surface area contributed by atoms with Crippen LogP contribution in [0.4, 0.5) is 0 Å². The lowest BCUT2D eigenvalue weighted by Gasteiger charge is -2.13. The van der Waals surface area contributed by atoms with Crippen molar-refractivity contribution in [1.29, 1.82) is 0 Å². The number of benzene rings is 2. The highest BCUT2D eigenvalue weighted by atomic mass is 32.2. The molecule has 0 radical (unpaired) electrons. The Morgan fingerprint density at radius 1 is 0.958 bits per heavy atom. The Morgan fingerprint density at radius 3 is 2.04 bits per heavy atom. The lowest BCUT2D eigenvalue weighted by atomic mass is 9.98. The first-order valence-electron chi connectivity index (χ1n) is 8.29. The first-order valence-corrected chi connectivity index (χ1v) is 9.84. The number of hydrogen-bond acceptors (Lipinski definition) is 4. The second-order valence-electron chi connectivity index (χ2n) is 6.49. The van der Waals surface area contributed by atoms with Gasteiger partial charge in [-0.3, -0.25) is 0 Å². The molecule has 0 aliphatic heterocycles. The van der Waals surface area contributed by atoms with Gasteiger partial charge in [-0.2, -0.15) is 0 Å². The smallest absolute Gasteiger partial charge is 0.182 e. The molecule has 0 unspecified atom stereocenters. The molecule has 4 nitrogen and oxygen atoms in total. The Hall–Kier alpha value is -1.69. The summed E-state index contributed by atoms with van der Waals surface area (Å²) in [5.41, 5.74) is 13.6. The number of hydrogen-bond donors (Lipinski definition) is 2. The van der Waals surface area contributed by atoms with Gasteiger partial charge in [0.1, 0.15) is 0 Å². The highest BCUT2D eigenvalue weighted by Crippen LogP contribution is 2.62. The lowest BCUT2D eigenvalue weighted by Crippen LogP contribution is -2.31. The van der Waals surface area contributed by atoms with Crippen molar-refractivity contribution >= 4 is 9.84 Å². The molecule has 0 heterocycles. The Bertz CT molecular complexity index is 797. The summed E-state index contributed by atoms with van der Waals surface area (Å²) in [6.45, 7) is 2.62. The van der Waals surface area contributed by atoms with Crippen LogP contribution >= 0.6 is 0 Å². The monoisotopic (exact) mass is 344 g/mol. The Morgan fingerprint density at radius 2 is 1.54 bits per heavy atom. The van der Waals surface area contributed by atoms with Gasteiger partial charge in [-0.1, -0.05) is 49.4 Å². The third kappa shape index (κ3) is 2.57. The van der Waals surface area contributed by atoms with Gasteiger partial charge >= 0.3 is 0 Å². The van der Waals surface area contributed by atoms with E-state index in [-0.39, 0.29) is 19.0 Å². The minimum absolute atomic E-state index is 0.149. The van der Waals surface area contributed by atoms with Crippen molar-refractivity contribution in [3.8, 4) is 0 Å². The Labute approximate surface area is 143 Å². The molecule has 5 heteroatoms. The van der Waals surface area contributed by atoms with Crippen molar-refractivity contribution < 1.29 is 8.42 Å². The van der Waals surface area contributed by atoms with E-state index < -0.39 is 20.5 Å². The van der Waals surface area contributed by atoms with E-state index in [2.05, 4.69) is 19.1 Å². The summed E-state index contributed by atoms with van der Waals surface area (Å²) in [4.78, 5) is 0.342. The second-order valence-corrected chi connectivity index (χ2v) is 8.56. The summed E-state index contributed by atoms with van der Waals surface area (Å²) in [5, 5.41) is -0.560. The largest absolute Gasteiger partial charge is 0.330 e. The van der Waals surface area contributed by atoms with Gasteiger partial charge in [-0.25, -0.2) is 8.42 Å². The summed E-state index contributed by atoms with van der Waals surface area (Å²) in [6.07, 6.45) is 0.954. The summed E-state index contributed by atoms with van der Waals surface area (Å²) in [6, 6.07) is 16.7. The molecule has 24 heavy (non-hydrogen) atoms. The minimum atomic E-state index is -3.47. The quantitative estimate of drug-likeness (QED) is 0.840. The van der Waals surface area contributed by atoms with Crippen molar-refractivity contribution in [3.05, 3.63) is 65.7 Å². The maximum Gasteiger partial charge on any atom is 0.182 e. The van der Waals surface area contributed by atoms with Crippen molar-refractivity contribution in [2.45, 2.75) is 29.4 Å². The molecule has 2 aromatic rings. The van der Waals surface area contributed by atoms with Crippen LogP contribution in [-0.4, -0.2) is 26.8 Å². The van der Waals surface area contributed by atoms with E-state index in [0.717, 1.165) is 12.0 Å². The molecular weight excluding hydrogens is 320 g/mol. The standard InChI is InChI=1S/C19H24N2O2S/c1-2-14-8-10-15(11-9-14)17-18(19(17,12-20)13-21)24(22,23)16-6-4-3-5-7-16/h3-11,17-18H,2,12-13,20-21H2,1H3/t17-,18-/m0/s1. The zero-order valence-corrected chi connectivity index (χ0v) is 14.7. The third-order valence-electron chi connectivity index (χ3n) is 5.29. The first kappa shape index (κ1) is 17.1. The molecule has 3 rings (SSSR count). The fourth-order valence-corrected chi connectivity index (χ4v) is 6.23. The van der Waals surface area contributed by atoms with Gasteiger partial charge in [0.2, 0.25) is 0 Å². The molecule has 1 fully saturated rings. The molecule has 128 valence electrons. The molecule has 0 bridgehead atoms. The normalized spacial score (nSPS) is 22.3. The average Bonchev–Trinajstić information content (AvgIpc) is 3.33. The van der Waals surface area contributed by atoms with Crippen LogP contribution in [0.15, 0.2) is 59.5 Å². The molecule has 0 amide bonds. The molecule has 2 aromatic carbocycles. The number of aryl methyl sites for hydroxylation is 1. The van der Waals surface area contributed by atoms with Crippen molar-refractivity contribution in [2.75, 3.05) is 13.1 Å². The van der Waals surface area contributed by atoms with Crippen LogP contribution in [0.3, 0.4) is 0 Å². The molecular formula is C19H24N2O2S. The van der Waals surface area contributed by atoms with E-state index in [1.807, 2.05) is 18.2 Å². The number of rotatable bonds is 6. The zero-order valence-electron chi connectivity index (χ0n) is 13.9. The summed E-state index contributed by atoms with van der Waals surface area (Å²) >= 11 is 0. The van der Waals surface area contributed by atoms with Gasteiger partial charge < -0.3 is 11.5 Å². The summed E-state index contributed by atoms with van der Waals surface area (Å²) < 4.78 is 26.2. The molecule has 1 aliphatic carbocycles. The van der Waals surface area contributed by atoms with Crippen LogP contribution in [0.25, 0.3) is 0 Å². The highest BCUT2D eigenvalue weighted by molar-refractivity contribution is 7.92. The predicted molar refractivity (Wildman–Crippen MR) is 96.5 cm³/mol. The second kappa shape index (κ2) is 6.31.